The smallest absolute Gasteiger partial charge is 0.132 e. The van der Waals surface area contributed by atoms with Gasteiger partial charge in [0, 0.05) is 18.0 Å². The first-order valence-corrected chi connectivity index (χ1v) is 5.56. The van der Waals surface area contributed by atoms with Crippen molar-refractivity contribution in [1.29, 1.82) is 0 Å². The van der Waals surface area contributed by atoms with Gasteiger partial charge in [0.05, 0.1) is 17.3 Å². The number of rotatable bonds is 1. The van der Waals surface area contributed by atoms with Crippen molar-refractivity contribution in [3.8, 4) is 11.5 Å². The standard InChI is InChI=1S/C10H12INO2/c1-13-10-4-6-8(12)2-3-14-9(6)5-7(10)11/h4-5,8H,2-3,12H2,1H3/t8-/m0/s1. The molecule has 1 aliphatic heterocycles. The second-order valence-corrected chi connectivity index (χ2v) is 4.43. The van der Waals surface area contributed by atoms with Gasteiger partial charge in [-0.3, -0.25) is 0 Å². The van der Waals surface area contributed by atoms with Gasteiger partial charge in [0.15, 0.2) is 0 Å². The Kier molecular flexibility index (Phi) is 2.83. The highest BCUT2D eigenvalue weighted by molar-refractivity contribution is 14.1. The summed E-state index contributed by atoms with van der Waals surface area (Å²) >= 11 is 2.23. The molecule has 3 nitrogen and oxygen atoms in total. The van der Waals surface area contributed by atoms with Crippen molar-refractivity contribution < 1.29 is 9.47 Å². The lowest BCUT2D eigenvalue weighted by atomic mass is 10.0. The third kappa shape index (κ3) is 1.68. The molecule has 0 aromatic heterocycles. The minimum Gasteiger partial charge on any atom is -0.496 e. The number of hydrogen-bond donors (Lipinski definition) is 1. The van der Waals surface area contributed by atoms with Gasteiger partial charge in [-0.25, -0.2) is 0 Å². The first-order valence-electron chi connectivity index (χ1n) is 4.48. The Labute approximate surface area is 96.7 Å². The minimum atomic E-state index is 0.0737. The van der Waals surface area contributed by atoms with Crippen molar-refractivity contribution >= 4 is 22.6 Å². The maximum absolute atomic E-state index is 5.98. The first-order chi connectivity index (χ1) is 6.72. The predicted molar refractivity (Wildman–Crippen MR) is 62.8 cm³/mol. The minimum absolute atomic E-state index is 0.0737. The zero-order valence-corrected chi connectivity index (χ0v) is 10.1. The van der Waals surface area contributed by atoms with E-state index in [1.807, 2.05) is 12.1 Å². The van der Waals surface area contributed by atoms with Crippen LogP contribution in [0.2, 0.25) is 0 Å². The zero-order chi connectivity index (χ0) is 10.1. The van der Waals surface area contributed by atoms with Crippen molar-refractivity contribution in [2.75, 3.05) is 13.7 Å². The fourth-order valence-electron chi connectivity index (χ4n) is 1.57. The van der Waals surface area contributed by atoms with Gasteiger partial charge in [-0.15, -0.1) is 0 Å². The molecule has 0 radical (unpaired) electrons. The average molecular weight is 305 g/mol. The van der Waals surface area contributed by atoms with E-state index < -0.39 is 0 Å². The van der Waals surface area contributed by atoms with E-state index in [0.717, 1.165) is 27.1 Å². The molecule has 0 fully saturated rings. The fraction of sp³-hybridized carbons (Fsp3) is 0.400. The Hall–Kier alpha value is -0.490. The Morgan fingerprint density at radius 3 is 3.07 bits per heavy atom. The van der Waals surface area contributed by atoms with Gasteiger partial charge in [0.1, 0.15) is 11.5 Å². The van der Waals surface area contributed by atoms with E-state index in [-0.39, 0.29) is 6.04 Å². The monoisotopic (exact) mass is 305 g/mol. The molecule has 0 aliphatic carbocycles. The number of fused-ring (bicyclic) bond motifs is 1. The number of ether oxygens (including phenoxy) is 2. The predicted octanol–water partition coefficient (Wildman–Crippen LogP) is 2.08. The molecule has 4 heteroatoms. The summed E-state index contributed by atoms with van der Waals surface area (Å²) in [5.41, 5.74) is 7.03. The molecule has 1 aromatic carbocycles. The fourth-order valence-corrected chi connectivity index (χ4v) is 2.23. The quantitative estimate of drug-likeness (QED) is 0.808. The van der Waals surface area contributed by atoms with Crippen LogP contribution in [-0.4, -0.2) is 13.7 Å². The summed E-state index contributed by atoms with van der Waals surface area (Å²) in [7, 11) is 1.67. The largest absolute Gasteiger partial charge is 0.496 e. The maximum atomic E-state index is 5.98. The van der Waals surface area contributed by atoms with E-state index in [9.17, 15) is 0 Å². The molecule has 14 heavy (non-hydrogen) atoms. The Morgan fingerprint density at radius 2 is 2.36 bits per heavy atom. The average Bonchev–Trinajstić information content (AvgIpc) is 2.17. The molecular formula is C10H12INO2. The highest BCUT2D eigenvalue weighted by Crippen LogP contribution is 2.36. The van der Waals surface area contributed by atoms with Crippen LogP contribution in [0.15, 0.2) is 12.1 Å². The molecule has 1 heterocycles. The number of methoxy groups -OCH3 is 1. The van der Waals surface area contributed by atoms with E-state index >= 15 is 0 Å². The lowest BCUT2D eigenvalue weighted by Gasteiger charge is -2.23. The van der Waals surface area contributed by atoms with Gasteiger partial charge in [-0.2, -0.15) is 0 Å². The second kappa shape index (κ2) is 3.94. The van der Waals surface area contributed by atoms with Crippen LogP contribution in [0.4, 0.5) is 0 Å². The number of hydrogen-bond acceptors (Lipinski definition) is 3. The third-order valence-corrected chi connectivity index (χ3v) is 3.21. The molecule has 0 bridgehead atoms. The summed E-state index contributed by atoms with van der Waals surface area (Å²) in [5, 5.41) is 0. The van der Waals surface area contributed by atoms with Gasteiger partial charge in [-0.05, 0) is 34.7 Å². The number of benzene rings is 1. The van der Waals surface area contributed by atoms with Crippen LogP contribution in [0.25, 0.3) is 0 Å². The van der Waals surface area contributed by atoms with Gasteiger partial charge in [-0.1, -0.05) is 0 Å². The molecule has 0 unspecified atom stereocenters. The van der Waals surface area contributed by atoms with E-state index in [2.05, 4.69) is 22.6 Å². The topological polar surface area (TPSA) is 44.5 Å². The summed E-state index contributed by atoms with van der Waals surface area (Å²) in [4.78, 5) is 0. The molecule has 2 rings (SSSR count). The van der Waals surface area contributed by atoms with Crippen molar-refractivity contribution in [3.63, 3.8) is 0 Å². The summed E-state index contributed by atoms with van der Waals surface area (Å²) in [6.45, 7) is 0.705. The molecule has 0 amide bonds. The van der Waals surface area contributed by atoms with Crippen molar-refractivity contribution in [2.24, 2.45) is 5.73 Å². The highest BCUT2D eigenvalue weighted by Gasteiger charge is 2.20. The summed E-state index contributed by atoms with van der Waals surface area (Å²) in [5.74, 6) is 1.76. The van der Waals surface area contributed by atoms with Gasteiger partial charge >= 0.3 is 0 Å². The molecule has 0 spiro atoms. The van der Waals surface area contributed by atoms with E-state index in [0.29, 0.717) is 6.61 Å². The Bertz CT molecular complexity index is 354. The number of halogens is 1. The van der Waals surface area contributed by atoms with Gasteiger partial charge in [0.2, 0.25) is 0 Å². The van der Waals surface area contributed by atoms with Gasteiger partial charge < -0.3 is 15.2 Å². The molecule has 0 saturated heterocycles. The van der Waals surface area contributed by atoms with Crippen molar-refractivity contribution in [3.05, 3.63) is 21.3 Å². The third-order valence-electron chi connectivity index (χ3n) is 2.37. The summed E-state index contributed by atoms with van der Waals surface area (Å²) in [6, 6.07) is 4.03. The summed E-state index contributed by atoms with van der Waals surface area (Å²) in [6.07, 6.45) is 0.872. The normalized spacial score (nSPS) is 19.8. The van der Waals surface area contributed by atoms with Crippen LogP contribution in [0, 0.1) is 3.57 Å². The zero-order valence-electron chi connectivity index (χ0n) is 7.92. The van der Waals surface area contributed by atoms with Crippen LogP contribution in [-0.2, 0) is 0 Å². The molecule has 0 saturated carbocycles. The Balaban J connectivity index is 2.49. The molecular weight excluding hydrogens is 293 g/mol. The lowest BCUT2D eigenvalue weighted by Crippen LogP contribution is -2.20. The molecule has 76 valence electrons. The molecule has 1 atom stereocenters. The molecule has 1 aromatic rings. The lowest BCUT2D eigenvalue weighted by molar-refractivity contribution is 0.267. The van der Waals surface area contributed by atoms with Crippen LogP contribution < -0.4 is 15.2 Å². The van der Waals surface area contributed by atoms with E-state index in [1.165, 1.54) is 0 Å². The van der Waals surface area contributed by atoms with Crippen LogP contribution in [0.3, 0.4) is 0 Å². The summed E-state index contributed by atoms with van der Waals surface area (Å²) < 4.78 is 11.8. The Morgan fingerprint density at radius 1 is 1.57 bits per heavy atom. The molecule has 2 N–H and O–H groups in total. The van der Waals surface area contributed by atoms with Gasteiger partial charge in [0.25, 0.3) is 0 Å². The van der Waals surface area contributed by atoms with Crippen LogP contribution in [0.5, 0.6) is 11.5 Å². The SMILES string of the molecule is COc1cc2c(cc1I)OCC[C@@H]2N. The molecule has 1 aliphatic rings. The van der Waals surface area contributed by atoms with E-state index in [4.69, 9.17) is 15.2 Å². The van der Waals surface area contributed by atoms with Crippen molar-refractivity contribution in [1.82, 2.24) is 0 Å². The van der Waals surface area contributed by atoms with E-state index in [1.54, 1.807) is 7.11 Å². The maximum Gasteiger partial charge on any atom is 0.132 e. The highest BCUT2D eigenvalue weighted by atomic mass is 127. The second-order valence-electron chi connectivity index (χ2n) is 3.27. The number of nitrogens with two attached hydrogens (primary N) is 1. The van der Waals surface area contributed by atoms with Crippen molar-refractivity contribution in [2.45, 2.75) is 12.5 Å². The van der Waals surface area contributed by atoms with Crippen LogP contribution >= 0.6 is 22.6 Å². The first kappa shape index (κ1) is 10.0. The van der Waals surface area contributed by atoms with Crippen LogP contribution in [0.1, 0.15) is 18.0 Å².